The average molecular weight is 629 g/mol. The third-order valence-electron chi connectivity index (χ3n) is 7.51. The highest BCUT2D eigenvalue weighted by Crippen LogP contribution is 2.23. The molecule has 0 aliphatic rings. The van der Waals surface area contributed by atoms with E-state index in [1.807, 2.05) is 6.92 Å². The van der Waals surface area contributed by atoms with Crippen LogP contribution in [0.5, 0.6) is 11.5 Å². The summed E-state index contributed by atoms with van der Waals surface area (Å²) in [7, 11) is 0. The number of hydrogen-bond donors (Lipinski definition) is 0. The van der Waals surface area contributed by atoms with E-state index in [0.29, 0.717) is 40.4 Å². The molecule has 0 saturated carbocycles. The fraction of sp³-hybridized carbons (Fsp3) is 0.447. The SMILES string of the molecule is CCCCCCCCCC(=O)Oc1ccc(N=Nc2ccc(C(=O)Oc3ccc(C(=O)O[C@@H](C)CCCCCC)cc3)cc2)cc1. The first kappa shape index (κ1) is 36.1. The fourth-order valence-corrected chi connectivity index (χ4v) is 4.76. The number of benzene rings is 3. The lowest BCUT2D eigenvalue weighted by atomic mass is 10.1. The average Bonchev–Trinajstić information content (AvgIpc) is 3.06. The highest BCUT2D eigenvalue weighted by atomic mass is 16.5. The first-order valence-electron chi connectivity index (χ1n) is 16.7. The van der Waals surface area contributed by atoms with E-state index in [1.165, 1.54) is 38.5 Å². The van der Waals surface area contributed by atoms with Gasteiger partial charge in [-0.25, -0.2) is 9.59 Å². The van der Waals surface area contributed by atoms with Crippen LogP contribution in [0.2, 0.25) is 0 Å². The van der Waals surface area contributed by atoms with Crippen LogP contribution in [-0.4, -0.2) is 24.0 Å². The van der Waals surface area contributed by atoms with Crippen molar-refractivity contribution in [3.8, 4) is 11.5 Å². The zero-order valence-electron chi connectivity index (χ0n) is 27.5. The fourth-order valence-electron chi connectivity index (χ4n) is 4.76. The van der Waals surface area contributed by atoms with Gasteiger partial charge in [0.2, 0.25) is 0 Å². The Hall–Kier alpha value is -4.33. The molecule has 0 aliphatic carbocycles. The molecule has 0 saturated heterocycles. The summed E-state index contributed by atoms with van der Waals surface area (Å²) in [5.41, 5.74) is 1.92. The molecule has 0 unspecified atom stereocenters. The first-order valence-corrected chi connectivity index (χ1v) is 16.7. The number of unbranched alkanes of at least 4 members (excludes halogenated alkanes) is 9. The molecule has 0 aliphatic heterocycles. The summed E-state index contributed by atoms with van der Waals surface area (Å²) in [6.45, 7) is 6.27. The number of azo groups is 1. The van der Waals surface area contributed by atoms with Gasteiger partial charge in [0.15, 0.2) is 0 Å². The van der Waals surface area contributed by atoms with E-state index in [2.05, 4.69) is 24.1 Å². The van der Waals surface area contributed by atoms with E-state index >= 15 is 0 Å². The Morgan fingerprint density at radius 2 is 1.02 bits per heavy atom. The number of nitrogens with zero attached hydrogens (tertiary/aromatic N) is 2. The van der Waals surface area contributed by atoms with Gasteiger partial charge in [-0.15, -0.1) is 0 Å². The number of ether oxygens (including phenoxy) is 3. The van der Waals surface area contributed by atoms with Crippen molar-refractivity contribution in [3.05, 3.63) is 83.9 Å². The van der Waals surface area contributed by atoms with Crippen molar-refractivity contribution in [3.63, 3.8) is 0 Å². The quantitative estimate of drug-likeness (QED) is 0.0533. The van der Waals surface area contributed by atoms with Gasteiger partial charge in [0.25, 0.3) is 0 Å². The lowest BCUT2D eigenvalue weighted by Gasteiger charge is -2.13. The molecule has 3 aromatic carbocycles. The summed E-state index contributed by atoms with van der Waals surface area (Å²) in [4.78, 5) is 37.2. The summed E-state index contributed by atoms with van der Waals surface area (Å²) < 4.78 is 16.4. The van der Waals surface area contributed by atoms with E-state index in [4.69, 9.17) is 14.2 Å². The predicted molar refractivity (Wildman–Crippen MR) is 180 cm³/mol. The van der Waals surface area contributed by atoms with Crippen molar-refractivity contribution < 1.29 is 28.6 Å². The van der Waals surface area contributed by atoms with Gasteiger partial charge in [-0.05, 0) is 99.0 Å². The van der Waals surface area contributed by atoms with E-state index in [-0.39, 0.29) is 18.0 Å². The molecule has 8 heteroatoms. The maximum Gasteiger partial charge on any atom is 0.343 e. The molecule has 0 heterocycles. The standard InChI is InChI=1S/C38H48N2O6/c1-4-6-8-10-11-12-14-16-36(41)45-34-27-23-33(24-28-34)40-39-32-21-17-30(18-22-32)38(43)46-35-25-19-31(20-26-35)37(42)44-29(3)15-13-9-7-5-2/h17-29H,4-16H2,1-3H3/t29-/m0/s1. The van der Waals surface area contributed by atoms with Gasteiger partial charge < -0.3 is 14.2 Å². The maximum absolute atomic E-state index is 12.6. The summed E-state index contributed by atoms with van der Waals surface area (Å²) in [5, 5.41) is 8.44. The van der Waals surface area contributed by atoms with Crippen LogP contribution in [0.3, 0.4) is 0 Å². The zero-order chi connectivity index (χ0) is 33.0. The Labute approximate surface area is 273 Å². The summed E-state index contributed by atoms with van der Waals surface area (Å²) in [6.07, 6.45) is 13.7. The molecule has 3 rings (SSSR count). The van der Waals surface area contributed by atoms with Crippen LogP contribution in [-0.2, 0) is 9.53 Å². The number of carbonyl (C=O) groups is 3. The number of hydrogen-bond acceptors (Lipinski definition) is 8. The van der Waals surface area contributed by atoms with Crippen molar-refractivity contribution in [1.29, 1.82) is 0 Å². The molecule has 0 spiro atoms. The van der Waals surface area contributed by atoms with Gasteiger partial charge in [0.05, 0.1) is 28.6 Å². The molecular weight excluding hydrogens is 580 g/mol. The summed E-state index contributed by atoms with van der Waals surface area (Å²) in [5.74, 6) is -0.343. The molecule has 8 nitrogen and oxygen atoms in total. The first-order chi connectivity index (χ1) is 22.4. The second-order valence-corrected chi connectivity index (χ2v) is 11.6. The highest BCUT2D eigenvalue weighted by molar-refractivity contribution is 5.92. The van der Waals surface area contributed by atoms with Gasteiger partial charge >= 0.3 is 17.9 Å². The number of esters is 3. The Bertz CT molecular complexity index is 1370. The monoisotopic (exact) mass is 628 g/mol. The molecule has 1 atom stereocenters. The van der Waals surface area contributed by atoms with Crippen molar-refractivity contribution in [1.82, 2.24) is 0 Å². The van der Waals surface area contributed by atoms with Gasteiger partial charge in [0.1, 0.15) is 11.5 Å². The van der Waals surface area contributed by atoms with Crippen molar-refractivity contribution in [2.75, 3.05) is 0 Å². The van der Waals surface area contributed by atoms with Crippen LogP contribution < -0.4 is 9.47 Å². The second-order valence-electron chi connectivity index (χ2n) is 11.6. The van der Waals surface area contributed by atoms with Crippen LogP contribution in [0, 0.1) is 0 Å². The Kier molecular flexibility index (Phi) is 16.2. The van der Waals surface area contributed by atoms with E-state index < -0.39 is 5.97 Å². The van der Waals surface area contributed by atoms with Crippen LogP contribution in [0.4, 0.5) is 11.4 Å². The van der Waals surface area contributed by atoms with E-state index in [0.717, 1.165) is 38.5 Å². The lowest BCUT2D eigenvalue weighted by Crippen LogP contribution is -2.15. The Morgan fingerprint density at radius 3 is 1.63 bits per heavy atom. The minimum absolute atomic E-state index is 0.148. The van der Waals surface area contributed by atoms with Gasteiger partial charge in [-0.1, -0.05) is 71.6 Å². The van der Waals surface area contributed by atoms with Crippen LogP contribution in [0.25, 0.3) is 0 Å². The molecule has 0 radical (unpaired) electrons. The van der Waals surface area contributed by atoms with Crippen LogP contribution >= 0.6 is 0 Å². The molecule has 0 amide bonds. The Balaban J connectivity index is 1.41. The normalized spacial score (nSPS) is 11.7. The minimum atomic E-state index is -0.531. The third kappa shape index (κ3) is 13.8. The topological polar surface area (TPSA) is 104 Å². The van der Waals surface area contributed by atoms with Crippen molar-refractivity contribution in [2.45, 2.75) is 110 Å². The summed E-state index contributed by atoms with van der Waals surface area (Å²) >= 11 is 0. The predicted octanol–water partition coefficient (Wildman–Crippen LogP) is 10.9. The van der Waals surface area contributed by atoms with E-state index in [9.17, 15) is 14.4 Å². The number of rotatable bonds is 20. The van der Waals surface area contributed by atoms with Crippen molar-refractivity contribution >= 4 is 29.3 Å². The van der Waals surface area contributed by atoms with Crippen LogP contribution in [0.15, 0.2) is 83.0 Å². The largest absolute Gasteiger partial charge is 0.459 e. The molecule has 0 N–H and O–H groups in total. The van der Waals surface area contributed by atoms with Gasteiger partial charge in [0, 0.05) is 6.42 Å². The number of carbonyl (C=O) groups excluding carboxylic acids is 3. The smallest absolute Gasteiger partial charge is 0.343 e. The zero-order valence-corrected chi connectivity index (χ0v) is 27.5. The molecule has 0 aromatic heterocycles. The molecule has 3 aromatic rings. The van der Waals surface area contributed by atoms with Crippen molar-refractivity contribution in [2.24, 2.45) is 10.2 Å². The van der Waals surface area contributed by atoms with Gasteiger partial charge in [-0.3, -0.25) is 4.79 Å². The lowest BCUT2D eigenvalue weighted by molar-refractivity contribution is -0.134. The second kappa shape index (κ2) is 20.7. The van der Waals surface area contributed by atoms with Crippen LogP contribution in [0.1, 0.15) is 125 Å². The highest BCUT2D eigenvalue weighted by Gasteiger charge is 2.14. The molecule has 0 bridgehead atoms. The third-order valence-corrected chi connectivity index (χ3v) is 7.51. The summed E-state index contributed by atoms with van der Waals surface area (Å²) in [6, 6.07) is 19.7. The molecular formula is C38H48N2O6. The van der Waals surface area contributed by atoms with Gasteiger partial charge in [-0.2, -0.15) is 10.2 Å². The minimum Gasteiger partial charge on any atom is -0.459 e. The molecule has 0 fully saturated rings. The van der Waals surface area contributed by atoms with E-state index in [1.54, 1.807) is 72.8 Å². The molecule has 46 heavy (non-hydrogen) atoms. The molecule has 246 valence electrons. The Morgan fingerprint density at radius 1 is 0.565 bits per heavy atom. The maximum atomic E-state index is 12.6.